The van der Waals surface area contributed by atoms with E-state index in [1.807, 2.05) is 35.7 Å². The van der Waals surface area contributed by atoms with Gasteiger partial charge in [-0.15, -0.1) is 10.2 Å². The topological polar surface area (TPSA) is 71.3 Å². The van der Waals surface area contributed by atoms with E-state index in [-0.39, 0.29) is 18.0 Å². The number of pyridine rings is 1. The summed E-state index contributed by atoms with van der Waals surface area (Å²) in [7, 11) is 0. The second kappa shape index (κ2) is 5.81. The van der Waals surface area contributed by atoms with Crippen LogP contribution in [0.5, 0.6) is 0 Å². The van der Waals surface area contributed by atoms with Gasteiger partial charge in [-0.25, -0.2) is 0 Å². The smallest absolute Gasteiger partial charge is 0.237 e. The number of carbonyl (C=O) groups is 1. The molecule has 2 aromatic heterocycles. The number of amides is 1. The van der Waals surface area contributed by atoms with E-state index in [0.717, 1.165) is 30.9 Å². The van der Waals surface area contributed by atoms with Gasteiger partial charge in [-0.3, -0.25) is 9.20 Å². The van der Waals surface area contributed by atoms with Crippen LogP contribution in [0.15, 0.2) is 24.4 Å². The number of hydrogen-bond donors (Lipinski definition) is 2. The van der Waals surface area contributed by atoms with Gasteiger partial charge in [0.15, 0.2) is 11.5 Å². The molecule has 3 atom stereocenters. The van der Waals surface area contributed by atoms with Crippen LogP contribution in [0, 0.1) is 5.92 Å². The van der Waals surface area contributed by atoms with Crippen molar-refractivity contribution in [2.45, 2.75) is 38.8 Å². The van der Waals surface area contributed by atoms with Gasteiger partial charge in [-0.05, 0) is 44.4 Å². The summed E-state index contributed by atoms with van der Waals surface area (Å²) in [5.74, 6) is 1.38. The Morgan fingerprint density at radius 2 is 2.33 bits per heavy atom. The number of carbonyl (C=O) groups excluding carboxylic acids is 1. The molecule has 1 aliphatic rings. The van der Waals surface area contributed by atoms with Crippen LogP contribution in [0.4, 0.5) is 0 Å². The van der Waals surface area contributed by atoms with Gasteiger partial charge < -0.3 is 10.6 Å². The first kappa shape index (κ1) is 14.0. The van der Waals surface area contributed by atoms with Crippen LogP contribution >= 0.6 is 0 Å². The third-order valence-corrected chi connectivity index (χ3v) is 4.07. The molecule has 112 valence electrons. The van der Waals surface area contributed by atoms with Crippen molar-refractivity contribution in [2.24, 2.45) is 5.92 Å². The lowest BCUT2D eigenvalue weighted by Crippen LogP contribution is -2.49. The average molecular weight is 287 g/mol. The number of rotatable bonds is 3. The molecule has 21 heavy (non-hydrogen) atoms. The molecular formula is C15H21N5O. The fraction of sp³-hybridized carbons (Fsp3) is 0.533. The third kappa shape index (κ3) is 2.90. The molecule has 3 unspecified atom stereocenters. The highest BCUT2D eigenvalue weighted by Crippen LogP contribution is 2.17. The van der Waals surface area contributed by atoms with Crippen molar-refractivity contribution in [3.05, 3.63) is 30.2 Å². The zero-order valence-corrected chi connectivity index (χ0v) is 12.4. The van der Waals surface area contributed by atoms with Gasteiger partial charge in [0, 0.05) is 6.20 Å². The summed E-state index contributed by atoms with van der Waals surface area (Å²) >= 11 is 0. The highest BCUT2D eigenvalue weighted by molar-refractivity contribution is 5.82. The van der Waals surface area contributed by atoms with Gasteiger partial charge in [0.25, 0.3) is 0 Å². The fourth-order valence-electron chi connectivity index (χ4n) is 2.84. The van der Waals surface area contributed by atoms with E-state index in [0.29, 0.717) is 5.92 Å². The summed E-state index contributed by atoms with van der Waals surface area (Å²) in [6, 6.07) is 5.47. The van der Waals surface area contributed by atoms with E-state index in [4.69, 9.17) is 0 Å². The quantitative estimate of drug-likeness (QED) is 0.892. The Balaban J connectivity index is 1.71. The molecule has 1 aliphatic heterocycles. The van der Waals surface area contributed by atoms with Crippen LogP contribution in [0.3, 0.4) is 0 Å². The van der Waals surface area contributed by atoms with Gasteiger partial charge in [0.1, 0.15) is 0 Å². The monoisotopic (exact) mass is 287 g/mol. The van der Waals surface area contributed by atoms with Crippen molar-refractivity contribution in [1.82, 2.24) is 25.2 Å². The normalized spacial score (nSPS) is 23.9. The van der Waals surface area contributed by atoms with Gasteiger partial charge in [-0.1, -0.05) is 13.0 Å². The molecule has 3 heterocycles. The molecule has 0 spiro atoms. The molecule has 6 nitrogen and oxygen atoms in total. The largest absolute Gasteiger partial charge is 0.345 e. The molecule has 0 radical (unpaired) electrons. The Kier molecular flexibility index (Phi) is 3.88. The van der Waals surface area contributed by atoms with E-state index in [9.17, 15) is 4.79 Å². The second-order valence-corrected chi connectivity index (χ2v) is 5.85. The van der Waals surface area contributed by atoms with E-state index in [2.05, 4.69) is 27.8 Å². The molecule has 1 saturated heterocycles. The number of fused-ring (bicyclic) bond motifs is 1. The van der Waals surface area contributed by atoms with Crippen molar-refractivity contribution in [1.29, 1.82) is 0 Å². The first-order chi connectivity index (χ1) is 10.1. The summed E-state index contributed by atoms with van der Waals surface area (Å²) in [4.78, 5) is 12.4. The maximum absolute atomic E-state index is 12.4. The second-order valence-electron chi connectivity index (χ2n) is 5.85. The number of aromatic nitrogens is 3. The SMILES string of the molecule is CC1CCNC(C(=O)NC(C)c2nnc3ccccn23)C1. The summed E-state index contributed by atoms with van der Waals surface area (Å²) in [6.45, 7) is 5.03. The summed E-state index contributed by atoms with van der Waals surface area (Å²) in [6.07, 6.45) is 3.93. The fourth-order valence-corrected chi connectivity index (χ4v) is 2.84. The van der Waals surface area contributed by atoms with Crippen LogP contribution < -0.4 is 10.6 Å². The Labute approximate surface area is 123 Å². The first-order valence-electron chi connectivity index (χ1n) is 7.48. The van der Waals surface area contributed by atoms with Crippen LogP contribution in [0.1, 0.15) is 38.6 Å². The van der Waals surface area contributed by atoms with Crippen molar-refractivity contribution < 1.29 is 4.79 Å². The predicted molar refractivity (Wildman–Crippen MR) is 79.7 cm³/mol. The van der Waals surface area contributed by atoms with Gasteiger partial charge >= 0.3 is 0 Å². The molecule has 1 fully saturated rings. The molecule has 1 amide bonds. The minimum atomic E-state index is -0.172. The molecule has 3 rings (SSSR count). The summed E-state index contributed by atoms with van der Waals surface area (Å²) in [5.41, 5.74) is 0.790. The van der Waals surface area contributed by atoms with Gasteiger partial charge in [-0.2, -0.15) is 0 Å². The van der Waals surface area contributed by atoms with Crippen LogP contribution in [0.25, 0.3) is 5.65 Å². The Hall–Kier alpha value is -1.95. The van der Waals surface area contributed by atoms with Gasteiger partial charge in [0.2, 0.25) is 5.91 Å². The molecule has 6 heteroatoms. The van der Waals surface area contributed by atoms with Crippen LogP contribution in [-0.2, 0) is 4.79 Å². The average Bonchev–Trinajstić information content (AvgIpc) is 2.91. The highest BCUT2D eigenvalue weighted by Gasteiger charge is 2.26. The Bertz CT molecular complexity index is 638. The molecule has 0 aromatic carbocycles. The minimum absolute atomic E-state index is 0.0433. The third-order valence-electron chi connectivity index (χ3n) is 4.07. The van der Waals surface area contributed by atoms with E-state index in [1.54, 1.807) is 0 Å². The van der Waals surface area contributed by atoms with E-state index in [1.165, 1.54) is 0 Å². The highest BCUT2D eigenvalue weighted by atomic mass is 16.2. The zero-order valence-electron chi connectivity index (χ0n) is 12.4. The van der Waals surface area contributed by atoms with Crippen molar-refractivity contribution >= 4 is 11.6 Å². The Morgan fingerprint density at radius 1 is 1.48 bits per heavy atom. The first-order valence-corrected chi connectivity index (χ1v) is 7.48. The van der Waals surface area contributed by atoms with Crippen LogP contribution in [0.2, 0.25) is 0 Å². The molecule has 0 saturated carbocycles. The maximum Gasteiger partial charge on any atom is 0.237 e. The predicted octanol–water partition coefficient (Wildman–Crippen LogP) is 1.29. The lowest BCUT2D eigenvalue weighted by Gasteiger charge is -2.28. The molecule has 0 bridgehead atoms. The maximum atomic E-state index is 12.4. The van der Waals surface area contributed by atoms with E-state index >= 15 is 0 Å². The molecule has 0 aliphatic carbocycles. The number of hydrogen-bond acceptors (Lipinski definition) is 4. The number of nitrogens with one attached hydrogen (secondary N) is 2. The Morgan fingerprint density at radius 3 is 3.14 bits per heavy atom. The van der Waals surface area contributed by atoms with Crippen molar-refractivity contribution in [3.63, 3.8) is 0 Å². The molecule has 2 aromatic rings. The molecule has 2 N–H and O–H groups in total. The van der Waals surface area contributed by atoms with Crippen molar-refractivity contribution in [3.8, 4) is 0 Å². The number of piperidine rings is 1. The zero-order chi connectivity index (χ0) is 14.8. The van der Waals surface area contributed by atoms with Gasteiger partial charge in [0.05, 0.1) is 12.1 Å². The number of nitrogens with zero attached hydrogens (tertiary/aromatic N) is 3. The lowest BCUT2D eigenvalue weighted by atomic mass is 9.94. The minimum Gasteiger partial charge on any atom is -0.345 e. The lowest BCUT2D eigenvalue weighted by molar-refractivity contribution is -0.124. The van der Waals surface area contributed by atoms with Crippen LogP contribution in [-0.4, -0.2) is 33.1 Å². The summed E-state index contributed by atoms with van der Waals surface area (Å²) in [5, 5.41) is 14.6. The molecular weight excluding hydrogens is 266 g/mol. The standard InChI is InChI=1S/C15H21N5O/c1-10-6-7-16-12(9-10)15(21)17-11(2)14-19-18-13-5-3-4-8-20(13)14/h3-5,8,10-12,16H,6-7,9H2,1-2H3,(H,17,21). The summed E-state index contributed by atoms with van der Waals surface area (Å²) < 4.78 is 1.90. The van der Waals surface area contributed by atoms with Crippen molar-refractivity contribution in [2.75, 3.05) is 6.54 Å². The van der Waals surface area contributed by atoms with E-state index < -0.39 is 0 Å².